The summed E-state index contributed by atoms with van der Waals surface area (Å²) in [4.78, 5) is 0. The smallest absolute Gasteiger partial charge is 0.150 e. The van der Waals surface area contributed by atoms with Gasteiger partial charge < -0.3 is 5.32 Å². The van der Waals surface area contributed by atoms with Crippen LogP contribution >= 0.6 is 0 Å². The lowest BCUT2D eigenvalue weighted by Gasteiger charge is -2.13. The summed E-state index contributed by atoms with van der Waals surface area (Å²) in [7, 11) is 0. The molecule has 0 atom stereocenters. The number of nitrogens with one attached hydrogen (secondary N) is 1. The number of hydrogen-bond donors (Lipinski definition) is 1. The molecule has 4 nitrogen and oxygen atoms in total. The summed E-state index contributed by atoms with van der Waals surface area (Å²) in [6.07, 6.45) is 1.83. The molecule has 24 heavy (non-hydrogen) atoms. The largest absolute Gasteiger partial charge is 0.376 e. The van der Waals surface area contributed by atoms with Crippen LogP contribution < -0.4 is 5.32 Å². The molecular formula is C18H14F2N4. The Bertz CT molecular complexity index is 902. The van der Waals surface area contributed by atoms with Crippen LogP contribution in [0, 0.1) is 29.9 Å². The number of halogens is 2. The average Bonchev–Trinajstić information content (AvgIpc) is 3.00. The van der Waals surface area contributed by atoms with E-state index in [0.717, 1.165) is 29.1 Å². The highest BCUT2D eigenvalue weighted by molar-refractivity contribution is 5.52. The molecule has 0 unspecified atom stereocenters. The van der Waals surface area contributed by atoms with Gasteiger partial charge in [0.05, 0.1) is 23.0 Å². The highest BCUT2D eigenvalue weighted by atomic mass is 19.1. The maximum Gasteiger partial charge on any atom is 0.150 e. The number of nitrogens with zero attached hydrogens (tertiary/aromatic N) is 3. The van der Waals surface area contributed by atoms with Crippen LogP contribution in [0.1, 0.15) is 16.8 Å². The van der Waals surface area contributed by atoms with E-state index in [-0.39, 0.29) is 17.8 Å². The third-order valence-corrected chi connectivity index (χ3v) is 3.59. The molecule has 6 heteroatoms. The van der Waals surface area contributed by atoms with Gasteiger partial charge in [0.15, 0.2) is 11.6 Å². The van der Waals surface area contributed by atoms with Crippen LogP contribution in [0.5, 0.6) is 0 Å². The van der Waals surface area contributed by atoms with Crippen LogP contribution in [0.2, 0.25) is 0 Å². The molecular weight excluding hydrogens is 310 g/mol. The molecule has 0 aliphatic carbocycles. The summed E-state index contributed by atoms with van der Waals surface area (Å²) in [5.74, 6) is -1.59. The van der Waals surface area contributed by atoms with Crippen molar-refractivity contribution >= 4 is 5.69 Å². The van der Waals surface area contributed by atoms with Crippen molar-refractivity contribution in [3.8, 4) is 11.8 Å². The minimum Gasteiger partial charge on any atom is -0.376 e. The SMILES string of the molecule is Cc1ccn(-c2ccccc2CNc2c(F)cc(C#N)cc2F)n1. The predicted molar refractivity (Wildman–Crippen MR) is 86.7 cm³/mol. The van der Waals surface area contributed by atoms with Gasteiger partial charge in [-0.15, -0.1) is 0 Å². The number of hydrogen-bond acceptors (Lipinski definition) is 3. The standard InChI is InChI=1S/C18H14F2N4/c1-12-6-7-24(23-12)17-5-3-2-4-14(17)11-22-18-15(19)8-13(10-21)9-16(18)20/h2-9,22H,11H2,1H3. The lowest BCUT2D eigenvalue weighted by molar-refractivity contribution is 0.587. The number of para-hydroxylation sites is 1. The van der Waals surface area contributed by atoms with Crippen molar-refractivity contribution in [1.82, 2.24) is 9.78 Å². The van der Waals surface area contributed by atoms with Gasteiger partial charge >= 0.3 is 0 Å². The quantitative estimate of drug-likeness (QED) is 0.791. The van der Waals surface area contributed by atoms with Gasteiger partial charge in [0.2, 0.25) is 0 Å². The Kier molecular flexibility index (Phi) is 4.25. The van der Waals surface area contributed by atoms with Crippen molar-refractivity contribution in [2.24, 2.45) is 0 Å². The number of aromatic nitrogens is 2. The normalized spacial score (nSPS) is 10.4. The minimum absolute atomic E-state index is 0.0528. The first-order valence-corrected chi connectivity index (χ1v) is 7.32. The average molecular weight is 324 g/mol. The first kappa shape index (κ1) is 15.7. The molecule has 1 aromatic heterocycles. The second-order valence-corrected chi connectivity index (χ2v) is 5.31. The van der Waals surface area contributed by atoms with Crippen molar-refractivity contribution in [1.29, 1.82) is 5.26 Å². The molecule has 0 aliphatic rings. The topological polar surface area (TPSA) is 53.6 Å². The van der Waals surface area contributed by atoms with Crippen LogP contribution in [0.15, 0.2) is 48.7 Å². The fraction of sp³-hybridized carbons (Fsp3) is 0.111. The molecule has 120 valence electrons. The van der Waals surface area contributed by atoms with Gasteiger partial charge in [0.25, 0.3) is 0 Å². The van der Waals surface area contributed by atoms with E-state index in [1.807, 2.05) is 43.5 Å². The summed E-state index contributed by atoms with van der Waals surface area (Å²) in [6, 6.07) is 13.1. The van der Waals surface area contributed by atoms with E-state index in [4.69, 9.17) is 5.26 Å². The number of aryl methyl sites for hydroxylation is 1. The highest BCUT2D eigenvalue weighted by Crippen LogP contribution is 2.22. The first-order valence-electron chi connectivity index (χ1n) is 7.32. The molecule has 3 aromatic rings. The molecule has 0 saturated carbocycles. The predicted octanol–water partition coefficient (Wildman–Crippen LogP) is 3.94. The molecule has 1 N–H and O–H groups in total. The summed E-state index contributed by atoms with van der Waals surface area (Å²) in [5, 5.41) is 15.9. The molecule has 0 fully saturated rings. The van der Waals surface area contributed by atoms with E-state index < -0.39 is 11.6 Å². The van der Waals surface area contributed by atoms with Gasteiger partial charge in [0, 0.05) is 12.7 Å². The number of anilines is 1. The minimum atomic E-state index is -0.793. The van der Waals surface area contributed by atoms with Crippen molar-refractivity contribution in [3.63, 3.8) is 0 Å². The molecule has 0 bridgehead atoms. The van der Waals surface area contributed by atoms with Gasteiger partial charge in [-0.3, -0.25) is 0 Å². The maximum absolute atomic E-state index is 14.0. The maximum atomic E-state index is 14.0. The van der Waals surface area contributed by atoms with Gasteiger partial charge in [-0.1, -0.05) is 18.2 Å². The van der Waals surface area contributed by atoms with E-state index in [1.54, 1.807) is 10.8 Å². The van der Waals surface area contributed by atoms with Crippen LogP contribution in [-0.4, -0.2) is 9.78 Å². The first-order chi connectivity index (χ1) is 11.6. The van der Waals surface area contributed by atoms with E-state index in [2.05, 4.69) is 10.4 Å². The van der Waals surface area contributed by atoms with Crippen LogP contribution in [0.3, 0.4) is 0 Å². The van der Waals surface area contributed by atoms with Crippen molar-refractivity contribution in [3.05, 3.63) is 77.1 Å². The van der Waals surface area contributed by atoms with E-state index in [0.29, 0.717) is 0 Å². The Hall–Kier alpha value is -3.20. The van der Waals surface area contributed by atoms with Gasteiger partial charge in [-0.25, -0.2) is 13.5 Å². The number of rotatable bonds is 4. The molecule has 1 heterocycles. The lowest BCUT2D eigenvalue weighted by Crippen LogP contribution is -2.08. The summed E-state index contributed by atoms with van der Waals surface area (Å²) >= 11 is 0. The van der Waals surface area contributed by atoms with E-state index in [9.17, 15) is 8.78 Å². The molecule has 2 aromatic carbocycles. The Morgan fingerprint density at radius 2 is 1.88 bits per heavy atom. The molecule has 0 spiro atoms. The zero-order valence-electron chi connectivity index (χ0n) is 12.9. The summed E-state index contributed by atoms with van der Waals surface area (Å²) in [5.41, 5.74) is 2.24. The molecule has 0 aliphatic heterocycles. The van der Waals surface area contributed by atoms with Crippen molar-refractivity contribution < 1.29 is 8.78 Å². The van der Waals surface area contributed by atoms with Crippen LogP contribution in [-0.2, 0) is 6.54 Å². The highest BCUT2D eigenvalue weighted by Gasteiger charge is 2.12. The number of nitriles is 1. The Balaban J connectivity index is 1.88. The lowest BCUT2D eigenvalue weighted by atomic mass is 10.1. The van der Waals surface area contributed by atoms with Gasteiger partial charge in [-0.05, 0) is 36.8 Å². The molecule has 0 radical (unpaired) electrons. The summed E-state index contributed by atoms with van der Waals surface area (Å²) < 4.78 is 29.6. The van der Waals surface area contributed by atoms with E-state index >= 15 is 0 Å². The second kappa shape index (κ2) is 6.50. The third kappa shape index (κ3) is 3.10. The number of benzene rings is 2. The molecule has 3 rings (SSSR count). The Labute approximate surface area is 138 Å². The van der Waals surface area contributed by atoms with Crippen LogP contribution in [0.4, 0.5) is 14.5 Å². The zero-order valence-corrected chi connectivity index (χ0v) is 12.9. The third-order valence-electron chi connectivity index (χ3n) is 3.59. The second-order valence-electron chi connectivity index (χ2n) is 5.31. The van der Waals surface area contributed by atoms with Crippen molar-refractivity contribution in [2.75, 3.05) is 5.32 Å². The van der Waals surface area contributed by atoms with E-state index in [1.165, 1.54) is 0 Å². The zero-order chi connectivity index (χ0) is 17.1. The molecule has 0 amide bonds. The summed E-state index contributed by atoms with van der Waals surface area (Å²) in [6.45, 7) is 2.10. The van der Waals surface area contributed by atoms with Gasteiger partial charge in [-0.2, -0.15) is 10.4 Å². The van der Waals surface area contributed by atoms with Gasteiger partial charge in [0.1, 0.15) is 5.69 Å². The Morgan fingerprint density at radius 3 is 2.50 bits per heavy atom. The fourth-order valence-corrected chi connectivity index (χ4v) is 2.42. The fourth-order valence-electron chi connectivity index (χ4n) is 2.42. The van der Waals surface area contributed by atoms with Crippen molar-refractivity contribution in [2.45, 2.75) is 13.5 Å². The Morgan fingerprint density at radius 1 is 1.17 bits per heavy atom. The van der Waals surface area contributed by atoms with Crippen LogP contribution in [0.25, 0.3) is 5.69 Å². The monoisotopic (exact) mass is 324 g/mol. The molecule has 0 saturated heterocycles.